The predicted molar refractivity (Wildman–Crippen MR) is 75.9 cm³/mol. The number of nitrogens with zero attached hydrogens (tertiary/aromatic N) is 2. The molecule has 0 fully saturated rings. The molecule has 0 unspecified atom stereocenters. The van der Waals surface area contributed by atoms with Crippen LogP contribution in [0.25, 0.3) is 0 Å². The van der Waals surface area contributed by atoms with Gasteiger partial charge < -0.3 is 5.32 Å². The van der Waals surface area contributed by atoms with Crippen LogP contribution in [0.4, 0.5) is 11.5 Å². The lowest BCUT2D eigenvalue weighted by atomic mass is 10.2. The van der Waals surface area contributed by atoms with E-state index in [-0.39, 0.29) is 0 Å². The average molecular weight is 302 g/mol. The normalized spacial score (nSPS) is 9.89. The van der Waals surface area contributed by atoms with Crippen LogP contribution >= 0.6 is 15.9 Å². The first-order valence-electron chi connectivity index (χ1n) is 5.51. The molecular formula is C14H12BrN3. The van der Waals surface area contributed by atoms with Crippen LogP contribution in [-0.2, 0) is 0 Å². The number of hydrogen-bond donors (Lipinski definition) is 1. The predicted octanol–water partition coefficient (Wildman–Crippen LogP) is 4.08. The third kappa shape index (κ3) is 2.69. The van der Waals surface area contributed by atoms with E-state index in [1.165, 1.54) is 0 Å². The second kappa shape index (κ2) is 5.19. The Balaban J connectivity index is 2.36. The van der Waals surface area contributed by atoms with Gasteiger partial charge >= 0.3 is 0 Å². The number of benzene rings is 1. The lowest BCUT2D eigenvalue weighted by Gasteiger charge is -2.09. The molecule has 0 aliphatic heterocycles. The Hall–Kier alpha value is -1.86. The number of pyridine rings is 1. The van der Waals surface area contributed by atoms with Crippen LogP contribution in [-0.4, -0.2) is 4.98 Å². The highest BCUT2D eigenvalue weighted by Crippen LogP contribution is 2.23. The van der Waals surface area contributed by atoms with Crippen LogP contribution in [0, 0.1) is 25.2 Å². The summed E-state index contributed by atoms with van der Waals surface area (Å²) < 4.78 is 1.06. The summed E-state index contributed by atoms with van der Waals surface area (Å²) in [4.78, 5) is 4.35. The van der Waals surface area contributed by atoms with Gasteiger partial charge in [-0.25, -0.2) is 4.98 Å². The van der Waals surface area contributed by atoms with Gasteiger partial charge in [0.1, 0.15) is 11.9 Å². The van der Waals surface area contributed by atoms with Gasteiger partial charge in [0.25, 0.3) is 0 Å². The highest BCUT2D eigenvalue weighted by molar-refractivity contribution is 9.10. The van der Waals surface area contributed by atoms with Crippen molar-refractivity contribution >= 4 is 27.4 Å². The van der Waals surface area contributed by atoms with Gasteiger partial charge in [0.15, 0.2) is 0 Å². The first-order valence-corrected chi connectivity index (χ1v) is 6.30. The second-order valence-corrected chi connectivity index (χ2v) is 4.90. The van der Waals surface area contributed by atoms with Crippen LogP contribution in [0.5, 0.6) is 0 Å². The maximum atomic E-state index is 9.05. The molecule has 1 aromatic carbocycles. The molecule has 1 heterocycles. The van der Waals surface area contributed by atoms with Gasteiger partial charge in [-0.3, -0.25) is 0 Å². The Labute approximate surface area is 115 Å². The largest absolute Gasteiger partial charge is 0.339 e. The zero-order valence-corrected chi connectivity index (χ0v) is 11.7. The fourth-order valence-corrected chi connectivity index (χ4v) is 1.85. The van der Waals surface area contributed by atoms with Crippen molar-refractivity contribution in [3.63, 3.8) is 0 Å². The van der Waals surface area contributed by atoms with Crippen LogP contribution in [0.3, 0.4) is 0 Å². The van der Waals surface area contributed by atoms with Crippen molar-refractivity contribution < 1.29 is 0 Å². The lowest BCUT2D eigenvalue weighted by Crippen LogP contribution is -1.98. The molecule has 0 saturated heterocycles. The first-order chi connectivity index (χ1) is 8.60. The van der Waals surface area contributed by atoms with E-state index in [1.807, 2.05) is 38.1 Å². The fraction of sp³-hybridized carbons (Fsp3) is 0.143. The number of nitrogens with one attached hydrogen (secondary N) is 1. The van der Waals surface area contributed by atoms with Gasteiger partial charge in [0.2, 0.25) is 0 Å². The smallest absolute Gasteiger partial charge is 0.148 e. The standard InChI is InChI=1S/C14H12BrN3/c1-9-7-12(5-6-13(9)15)18-14-11(8-16)4-3-10(2)17-14/h3-7H,1-2H3,(H,17,18). The third-order valence-electron chi connectivity index (χ3n) is 2.58. The maximum absolute atomic E-state index is 9.05. The first kappa shape index (κ1) is 12.6. The topological polar surface area (TPSA) is 48.7 Å². The van der Waals surface area contributed by atoms with Crippen LogP contribution < -0.4 is 5.32 Å². The number of hydrogen-bond acceptors (Lipinski definition) is 3. The van der Waals surface area contributed by atoms with Gasteiger partial charge in [-0.05, 0) is 49.7 Å². The molecule has 3 nitrogen and oxygen atoms in total. The van der Waals surface area contributed by atoms with Gasteiger partial charge in [0.05, 0.1) is 5.56 Å². The summed E-state index contributed by atoms with van der Waals surface area (Å²) in [5.41, 5.74) is 3.47. The number of rotatable bonds is 2. The van der Waals surface area contributed by atoms with Crippen molar-refractivity contribution in [3.05, 3.63) is 51.6 Å². The Morgan fingerprint density at radius 3 is 2.67 bits per heavy atom. The summed E-state index contributed by atoms with van der Waals surface area (Å²) in [7, 11) is 0. The summed E-state index contributed by atoms with van der Waals surface area (Å²) >= 11 is 3.46. The summed E-state index contributed by atoms with van der Waals surface area (Å²) in [5, 5.41) is 12.2. The molecule has 0 spiro atoms. The van der Waals surface area contributed by atoms with E-state index in [1.54, 1.807) is 6.07 Å². The van der Waals surface area contributed by atoms with Gasteiger partial charge in [-0.1, -0.05) is 15.9 Å². The average Bonchev–Trinajstić information content (AvgIpc) is 2.34. The van der Waals surface area contributed by atoms with Crippen LogP contribution in [0.15, 0.2) is 34.8 Å². The fourth-order valence-electron chi connectivity index (χ4n) is 1.60. The van der Waals surface area contributed by atoms with Crippen molar-refractivity contribution in [1.82, 2.24) is 4.98 Å². The highest BCUT2D eigenvalue weighted by atomic mass is 79.9. The molecule has 1 N–H and O–H groups in total. The monoisotopic (exact) mass is 301 g/mol. The van der Waals surface area contributed by atoms with Crippen molar-refractivity contribution in [2.24, 2.45) is 0 Å². The zero-order valence-electron chi connectivity index (χ0n) is 10.2. The molecule has 0 radical (unpaired) electrons. The summed E-state index contributed by atoms with van der Waals surface area (Å²) in [6, 6.07) is 11.7. The molecular weight excluding hydrogens is 290 g/mol. The zero-order chi connectivity index (χ0) is 13.1. The van der Waals surface area contributed by atoms with E-state index >= 15 is 0 Å². The molecule has 0 atom stereocenters. The molecule has 1 aromatic heterocycles. The van der Waals surface area contributed by atoms with Crippen LogP contribution in [0.1, 0.15) is 16.8 Å². The third-order valence-corrected chi connectivity index (χ3v) is 3.47. The molecule has 90 valence electrons. The summed E-state index contributed by atoms with van der Waals surface area (Å²) in [6.45, 7) is 3.92. The van der Waals surface area contributed by atoms with E-state index in [4.69, 9.17) is 5.26 Å². The van der Waals surface area contributed by atoms with E-state index in [0.29, 0.717) is 11.4 Å². The van der Waals surface area contributed by atoms with Gasteiger partial charge in [-0.2, -0.15) is 5.26 Å². The molecule has 2 rings (SSSR count). The molecule has 0 amide bonds. The Morgan fingerprint density at radius 2 is 2.00 bits per heavy atom. The van der Waals surface area contributed by atoms with Gasteiger partial charge in [-0.15, -0.1) is 0 Å². The van der Waals surface area contributed by atoms with E-state index in [2.05, 4.69) is 32.3 Å². The Morgan fingerprint density at radius 1 is 1.22 bits per heavy atom. The highest BCUT2D eigenvalue weighted by Gasteiger charge is 2.05. The minimum atomic E-state index is 0.543. The SMILES string of the molecule is Cc1ccc(C#N)c(Nc2ccc(Br)c(C)c2)n1. The molecule has 18 heavy (non-hydrogen) atoms. The molecule has 2 aromatic rings. The minimum absolute atomic E-state index is 0.543. The maximum Gasteiger partial charge on any atom is 0.148 e. The number of nitriles is 1. The number of aromatic nitrogens is 1. The second-order valence-electron chi connectivity index (χ2n) is 4.05. The quantitative estimate of drug-likeness (QED) is 0.909. The molecule has 0 aliphatic rings. The van der Waals surface area contributed by atoms with Crippen LogP contribution in [0.2, 0.25) is 0 Å². The van der Waals surface area contributed by atoms with Crippen molar-refractivity contribution in [3.8, 4) is 6.07 Å². The van der Waals surface area contributed by atoms with Crippen molar-refractivity contribution in [2.45, 2.75) is 13.8 Å². The number of aryl methyl sites for hydroxylation is 2. The molecule has 0 aliphatic carbocycles. The number of anilines is 2. The minimum Gasteiger partial charge on any atom is -0.339 e. The van der Waals surface area contributed by atoms with E-state index < -0.39 is 0 Å². The lowest BCUT2D eigenvalue weighted by molar-refractivity contribution is 1.19. The van der Waals surface area contributed by atoms with Gasteiger partial charge in [0, 0.05) is 15.9 Å². The summed E-state index contributed by atoms with van der Waals surface area (Å²) in [5.74, 6) is 0.597. The molecule has 0 bridgehead atoms. The van der Waals surface area contributed by atoms with Crippen molar-refractivity contribution in [2.75, 3.05) is 5.32 Å². The van der Waals surface area contributed by atoms with E-state index in [9.17, 15) is 0 Å². The van der Waals surface area contributed by atoms with E-state index in [0.717, 1.165) is 21.4 Å². The Bertz CT molecular complexity index is 629. The number of halogens is 1. The summed E-state index contributed by atoms with van der Waals surface area (Å²) in [6.07, 6.45) is 0. The molecule has 4 heteroatoms. The Kier molecular flexibility index (Phi) is 3.63. The van der Waals surface area contributed by atoms with Crippen molar-refractivity contribution in [1.29, 1.82) is 5.26 Å². The molecule has 0 saturated carbocycles.